The molecule has 0 aromatic carbocycles. The summed E-state index contributed by atoms with van der Waals surface area (Å²) in [5.74, 6) is 0.766. The molecule has 1 rings (SSSR count). The van der Waals surface area contributed by atoms with Crippen LogP contribution in [0.4, 0.5) is 0 Å². The van der Waals surface area contributed by atoms with Gasteiger partial charge in [0.2, 0.25) is 5.91 Å². The third-order valence-corrected chi connectivity index (χ3v) is 3.28. The fourth-order valence-electron chi connectivity index (χ4n) is 2.42. The van der Waals surface area contributed by atoms with E-state index in [1.807, 2.05) is 27.7 Å². The van der Waals surface area contributed by atoms with E-state index in [-0.39, 0.29) is 18.0 Å². The molecule has 1 fully saturated rings. The summed E-state index contributed by atoms with van der Waals surface area (Å²) in [6.07, 6.45) is 2.36. The summed E-state index contributed by atoms with van der Waals surface area (Å²) in [5.41, 5.74) is -0.210. The number of nitrogens with zero attached hydrogens (tertiary/aromatic N) is 2. The van der Waals surface area contributed by atoms with Gasteiger partial charge in [0.1, 0.15) is 0 Å². The Bertz CT molecular complexity index is 355. The van der Waals surface area contributed by atoms with Crippen molar-refractivity contribution >= 4 is 11.9 Å². The van der Waals surface area contributed by atoms with E-state index in [1.54, 1.807) is 7.05 Å². The second kappa shape index (κ2) is 8.22. The Morgan fingerprint density at radius 1 is 1.33 bits per heavy atom. The van der Waals surface area contributed by atoms with Crippen LogP contribution in [0, 0.1) is 0 Å². The largest absolute Gasteiger partial charge is 0.378 e. The van der Waals surface area contributed by atoms with Gasteiger partial charge in [0.15, 0.2) is 5.96 Å². The number of likely N-dealkylation sites (tertiary alicyclic amines) is 1. The van der Waals surface area contributed by atoms with Crippen molar-refractivity contribution in [3.05, 3.63) is 0 Å². The van der Waals surface area contributed by atoms with E-state index in [0.717, 1.165) is 38.5 Å². The Balaban J connectivity index is 2.38. The predicted molar refractivity (Wildman–Crippen MR) is 85.5 cm³/mol. The number of amides is 1. The number of carbonyl (C=O) groups excluding carboxylic acids is 1. The molecule has 122 valence electrons. The van der Waals surface area contributed by atoms with Gasteiger partial charge in [0, 0.05) is 32.3 Å². The quantitative estimate of drug-likeness (QED) is 0.600. The van der Waals surface area contributed by atoms with E-state index in [2.05, 4.69) is 20.5 Å². The van der Waals surface area contributed by atoms with Crippen LogP contribution in [0.1, 0.15) is 40.5 Å². The first-order valence-corrected chi connectivity index (χ1v) is 7.74. The number of nitrogens with one attached hydrogen (secondary N) is 2. The lowest BCUT2D eigenvalue weighted by molar-refractivity contribution is -0.121. The first-order valence-electron chi connectivity index (χ1n) is 7.74. The minimum absolute atomic E-state index is 0.0205. The fourth-order valence-corrected chi connectivity index (χ4v) is 2.42. The number of guanidine groups is 1. The molecule has 1 aliphatic rings. The van der Waals surface area contributed by atoms with E-state index in [4.69, 9.17) is 4.74 Å². The van der Waals surface area contributed by atoms with E-state index in [0.29, 0.717) is 6.10 Å². The van der Waals surface area contributed by atoms with Crippen LogP contribution in [0.3, 0.4) is 0 Å². The van der Waals surface area contributed by atoms with E-state index < -0.39 is 0 Å². The highest BCUT2D eigenvalue weighted by molar-refractivity contribution is 5.86. The molecule has 0 unspecified atom stereocenters. The summed E-state index contributed by atoms with van der Waals surface area (Å²) in [5, 5.41) is 6.06. The number of carbonyl (C=O) groups is 1. The lowest BCUT2D eigenvalue weighted by Gasteiger charge is -2.34. The first-order chi connectivity index (χ1) is 9.85. The maximum absolute atomic E-state index is 11.8. The molecule has 0 aromatic heterocycles. The number of aliphatic imine (C=N–C) groups is 1. The van der Waals surface area contributed by atoms with Gasteiger partial charge in [0.25, 0.3) is 0 Å². The number of hydrogen-bond acceptors (Lipinski definition) is 3. The van der Waals surface area contributed by atoms with Crippen LogP contribution in [0.25, 0.3) is 0 Å². The molecule has 0 bridgehead atoms. The summed E-state index contributed by atoms with van der Waals surface area (Å²) in [7, 11) is 1.75. The van der Waals surface area contributed by atoms with Crippen molar-refractivity contribution in [3.8, 4) is 0 Å². The van der Waals surface area contributed by atoms with Crippen LogP contribution in [0.2, 0.25) is 0 Å². The summed E-state index contributed by atoms with van der Waals surface area (Å²) >= 11 is 0. The number of ether oxygens (including phenoxy) is 1. The average molecular weight is 298 g/mol. The van der Waals surface area contributed by atoms with Gasteiger partial charge in [-0.05, 0) is 40.5 Å². The van der Waals surface area contributed by atoms with Crippen LogP contribution in [-0.2, 0) is 9.53 Å². The molecule has 6 nitrogen and oxygen atoms in total. The number of piperidine rings is 1. The minimum Gasteiger partial charge on any atom is -0.378 e. The van der Waals surface area contributed by atoms with Crippen LogP contribution in [0.15, 0.2) is 4.99 Å². The molecule has 1 aliphatic heterocycles. The second-order valence-electron chi connectivity index (χ2n) is 6.34. The number of rotatable bonds is 4. The SMILES string of the molecule is CCOC1CCN(C(=NC)NCC(=O)NC(C)(C)C)CC1. The molecule has 6 heteroatoms. The Kier molecular flexibility index (Phi) is 6.95. The zero-order chi connectivity index (χ0) is 15.9. The maximum Gasteiger partial charge on any atom is 0.239 e. The van der Waals surface area contributed by atoms with Gasteiger partial charge in [0.05, 0.1) is 12.6 Å². The molecule has 1 saturated heterocycles. The molecular weight excluding hydrogens is 268 g/mol. The van der Waals surface area contributed by atoms with Crippen molar-refractivity contribution in [1.29, 1.82) is 0 Å². The van der Waals surface area contributed by atoms with Gasteiger partial charge < -0.3 is 20.3 Å². The van der Waals surface area contributed by atoms with Crippen LogP contribution < -0.4 is 10.6 Å². The Hall–Kier alpha value is -1.30. The monoisotopic (exact) mass is 298 g/mol. The Labute approximate surface area is 128 Å². The van der Waals surface area contributed by atoms with E-state index in [9.17, 15) is 4.79 Å². The molecule has 1 heterocycles. The third kappa shape index (κ3) is 6.80. The van der Waals surface area contributed by atoms with Crippen molar-refractivity contribution < 1.29 is 9.53 Å². The molecular formula is C15H30N4O2. The normalized spacial score (nSPS) is 17.8. The van der Waals surface area contributed by atoms with Gasteiger partial charge in [-0.1, -0.05) is 0 Å². The molecule has 0 atom stereocenters. The predicted octanol–water partition coefficient (Wildman–Crippen LogP) is 0.977. The Morgan fingerprint density at radius 3 is 2.43 bits per heavy atom. The topological polar surface area (TPSA) is 66.0 Å². The summed E-state index contributed by atoms with van der Waals surface area (Å²) in [4.78, 5) is 18.3. The molecule has 0 aliphatic carbocycles. The average Bonchev–Trinajstić information content (AvgIpc) is 2.39. The molecule has 1 amide bonds. The highest BCUT2D eigenvalue weighted by Gasteiger charge is 2.22. The molecule has 0 aromatic rings. The third-order valence-electron chi connectivity index (χ3n) is 3.28. The van der Waals surface area contributed by atoms with Crippen molar-refractivity contribution in [3.63, 3.8) is 0 Å². The van der Waals surface area contributed by atoms with Crippen LogP contribution >= 0.6 is 0 Å². The molecule has 2 N–H and O–H groups in total. The highest BCUT2D eigenvalue weighted by atomic mass is 16.5. The van der Waals surface area contributed by atoms with E-state index in [1.165, 1.54) is 0 Å². The zero-order valence-electron chi connectivity index (χ0n) is 14.0. The van der Waals surface area contributed by atoms with Gasteiger partial charge >= 0.3 is 0 Å². The molecule has 21 heavy (non-hydrogen) atoms. The molecule has 0 saturated carbocycles. The highest BCUT2D eigenvalue weighted by Crippen LogP contribution is 2.13. The van der Waals surface area contributed by atoms with Crippen LogP contribution in [0.5, 0.6) is 0 Å². The summed E-state index contributed by atoms with van der Waals surface area (Å²) in [6.45, 7) is 10.8. The molecule has 0 radical (unpaired) electrons. The maximum atomic E-state index is 11.8. The first kappa shape index (κ1) is 17.8. The van der Waals surface area contributed by atoms with Crippen molar-refractivity contribution in [2.75, 3.05) is 33.3 Å². The second-order valence-corrected chi connectivity index (χ2v) is 6.34. The van der Waals surface area contributed by atoms with Gasteiger partial charge in [-0.2, -0.15) is 0 Å². The molecule has 0 spiro atoms. The smallest absolute Gasteiger partial charge is 0.239 e. The van der Waals surface area contributed by atoms with Gasteiger partial charge in [-0.25, -0.2) is 0 Å². The van der Waals surface area contributed by atoms with Gasteiger partial charge in [-0.15, -0.1) is 0 Å². The summed E-state index contributed by atoms with van der Waals surface area (Å²) in [6, 6.07) is 0. The van der Waals surface area contributed by atoms with Gasteiger partial charge in [-0.3, -0.25) is 9.79 Å². The standard InChI is InChI=1S/C15H30N4O2/c1-6-21-12-7-9-19(10-8-12)14(16-5)17-11-13(20)18-15(2,3)4/h12H,6-11H2,1-5H3,(H,16,17)(H,18,20). The Morgan fingerprint density at radius 2 is 1.95 bits per heavy atom. The van der Waals surface area contributed by atoms with Crippen molar-refractivity contribution in [2.24, 2.45) is 4.99 Å². The van der Waals surface area contributed by atoms with E-state index >= 15 is 0 Å². The minimum atomic E-state index is -0.210. The van der Waals surface area contributed by atoms with Crippen LogP contribution in [-0.4, -0.2) is 61.7 Å². The summed E-state index contributed by atoms with van der Waals surface area (Å²) < 4.78 is 5.65. The lowest BCUT2D eigenvalue weighted by Crippen LogP contribution is -2.51. The van der Waals surface area contributed by atoms with Crippen molar-refractivity contribution in [2.45, 2.75) is 52.2 Å². The van der Waals surface area contributed by atoms with Crippen molar-refractivity contribution in [1.82, 2.24) is 15.5 Å². The fraction of sp³-hybridized carbons (Fsp3) is 0.867. The zero-order valence-corrected chi connectivity index (χ0v) is 14.0. The lowest BCUT2D eigenvalue weighted by atomic mass is 10.1. The number of hydrogen-bond donors (Lipinski definition) is 2.